The molecular formula is C23H26F3N5O2. The summed E-state index contributed by atoms with van der Waals surface area (Å²) in [7, 11) is 0. The molecule has 3 heterocycles. The summed E-state index contributed by atoms with van der Waals surface area (Å²) in [4.78, 5) is 31.4. The lowest BCUT2D eigenvalue weighted by atomic mass is 10.0. The Hall–Kier alpha value is -2.64. The lowest BCUT2D eigenvalue weighted by Gasteiger charge is -2.38. The predicted octanol–water partition coefficient (Wildman–Crippen LogP) is 1.89. The van der Waals surface area contributed by atoms with E-state index >= 15 is 0 Å². The summed E-state index contributed by atoms with van der Waals surface area (Å²) in [6, 6.07) is 5.23. The maximum atomic E-state index is 13.1. The van der Waals surface area contributed by atoms with Gasteiger partial charge in [-0.2, -0.15) is 18.4 Å². The standard InChI is InChI=1S/C23H26F3N5O2/c1-12(13-2-4-15(5-3-13)23(24,25)26)30-17-8-20(22(30)33)29(10-17)11-18(28)21(32)31-16(9-27)6-14-7-19(14)31/h2-5,12,14,16-20H,6-8,10-11,28H2,1H3/t12-,14-,16+,17+,18+,19+,20-/m1/s1. The van der Waals surface area contributed by atoms with Gasteiger partial charge in [-0.1, -0.05) is 12.1 Å². The SMILES string of the molecule is C[C@H](c1ccc(C(F)(F)F)cc1)N1C(=O)[C@H]2C[C@H]1CN2C[C@H](N)C(=O)N1[C@H](C#N)C[C@@H]2C[C@@H]21. The zero-order valence-electron chi connectivity index (χ0n) is 18.2. The molecule has 7 atom stereocenters. The second kappa shape index (κ2) is 7.71. The number of rotatable bonds is 5. The van der Waals surface area contributed by atoms with Crippen molar-refractivity contribution in [3.63, 3.8) is 0 Å². The number of carbonyl (C=O) groups excluding carboxylic acids is 2. The van der Waals surface area contributed by atoms with Crippen molar-refractivity contribution in [2.24, 2.45) is 11.7 Å². The summed E-state index contributed by atoms with van der Waals surface area (Å²) in [5, 5.41) is 9.34. The number of hydrogen-bond acceptors (Lipinski definition) is 5. The van der Waals surface area contributed by atoms with E-state index < -0.39 is 23.8 Å². The molecule has 0 unspecified atom stereocenters. The number of nitrogens with zero attached hydrogens (tertiary/aromatic N) is 4. The lowest BCUT2D eigenvalue weighted by molar-refractivity contribution is -0.141. The van der Waals surface area contributed by atoms with Crippen molar-refractivity contribution in [2.45, 2.75) is 68.6 Å². The second-order valence-corrected chi connectivity index (χ2v) is 9.70. The minimum Gasteiger partial charge on any atom is -0.330 e. The fourth-order valence-electron chi connectivity index (χ4n) is 5.92. The van der Waals surface area contributed by atoms with Crippen LogP contribution >= 0.6 is 0 Å². The van der Waals surface area contributed by atoms with Crippen LogP contribution in [0, 0.1) is 17.2 Å². The monoisotopic (exact) mass is 461 g/mol. The Bertz CT molecular complexity index is 1010. The molecule has 1 saturated carbocycles. The quantitative estimate of drug-likeness (QED) is 0.723. The first kappa shape index (κ1) is 22.2. The molecule has 2 bridgehead atoms. The molecule has 176 valence electrons. The fraction of sp³-hybridized carbons (Fsp3) is 0.609. The van der Waals surface area contributed by atoms with Crippen molar-refractivity contribution >= 4 is 11.8 Å². The molecule has 1 aliphatic carbocycles. The van der Waals surface area contributed by atoms with E-state index in [0.29, 0.717) is 30.9 Å². The number of piperidine rings is 1. The zero-order valence-corrected chi connectivity index (χ0v) is 18.2. The molecule has 33 heavy (non-hydrogen) atoms. The maximum Gasteiger partial charge on any atom is 0.416 e. The van der Waals surface area contributed by atoms with Gasteiger partial charge < -0.3 is 15.5 Å². The van der Waals surface area contributed by atoms with Crippen LogP contribution in [0.2, 0.25) is 0 Å². The van der Waals surface area contributed by atoms with Crippen LogP contribution in [-0.4, -0.2) is 69.8 Å². The molecule has 3 aliphatic heterocycles. The molecule has 1 aromatic rings. The van der Waals surface area contributed by atoms with E-state index in [1.54, 1.807) is 9.80 Å². The van der Waals surface area contributed by atoms with Gasteiger partial charge in [0.25, 0.3) is 0 Å². The number of nitriles is 1. The highest BCUT2D eigenvalue weighted by Crippen LogP contribution is 2.48. The van der Waals surface area contributed by atoms with Crippen LogP contribution in [0.5, 0.6) is 0 Å². The van der Waals surface area contributed by atoms with Gasteiger partial charge in [-0.3, -0.25) is 14.5 Å². The van der Waals surface area contributed by atoms with Crippen molar-refractivity contribution in [3.05, 3.63) is 35.4 Å². The summed E-state index contributed by atoms with van der Waals surface area (Å²) in [6.07, 6.45) is -2.15. The first-order valence-corrected chi connectivity index (χ1v) is 11.3. The van der Waals surface area contributed by atoms with Crippen LogP contribution in [0.4, 0.5) is 13.2 Å². The van der Waals surface area contributed by atoms with Gasteiger partial charge in [0, 0.05) is 25.2 Å². The summed E-state index contributed by atoms with van der Waals surface area (Å²) >= 11 is 0. The van der Waals surface area contributed by atoms with Crippen molar-refractivity contribution in [2.75, 3.05) is 13.1 Å². The predicted molar refractivity (Wildman–Crippen MR) is 111 cm³/mol. The van der Waals surface area contributed by atoms with Crippen LogP contribution in [0.1, 0.15) is 43.4 Å². The van der Waals surface area contributed by atoms with Gasteiger partial charge in [0.05, 0.1) is 29.8 Å². The molecule has 10 heteroatoms. The van der Waals surface area contributed by atoms with Crippen LogP contribution in [0.3, 0.4) is 0 Å². The highest BCUT2D eigenvalue weighted by atomic mass is 19.4. The average Bonchev–Trinajstić information content (AvgIpc) is 3.11. The molecular weight excluding hydrogens is 435 g/mol. The number of piperazine rings is 1. The normalized spacial score (nSPS) is 32.6. The molecule has 1 aromatic carbocycles. The number of halogens is 3. The van der Waals surface area contributed by atoms with E-state index in [0.717, 1.165) is 18.6 Å². The number of likely N-dealkylation sites (tertiary alicyclic amines) is 3. The maximum absolute atomic E-state index is 13.1. The minimum atomic E-state index is -4.40. The van der Waals surface area contributed by atoms with Crippen molar-refractivity contribution in [1.29, 1.82) is 5.26 Å². The summed E-state index contributed by atoms with van der Waals surface area (Å²) < 4.78 is 38.6. The summed E-state index contributed by atoms with van der Waals surface area (Å²) in [5.41, 5.74) is 6.16. The van der Waals surface area contributed by atoms with Gasteiger partial charge in [0.1, 0.15) is 6.04 Å². The highest BCUT2D eigenvalue weighted by Gasteiger charge is 2.56. The van der Waals surface area contributed by atoms with Crippen molar-refractivity contribution < 1.29 is 22.8 Å². The molecule has 4 fully saturated rings. The van der Waals surface area contributed by atoms with Gasteiger partial charge in [-0.25, -0.2) is 0 Å². The summed E-state index contributed by atoms with van der Waals surface area (Å²) in [5.74, 6) is 0.101. The van der Waals surface area contributed by atoms with Crippen molar-refractivity contribution in [1.82, 2.24) is 14.7 Å². The van der Waals surface area contributed by atoms with Gasteiger partial charge in [0.15, 0.2) is 0 Å². The van der Waals surface area contributed by atoms with Gasteiger partial charge in [0.2, 0.25) is 11.8 Å². The van der Waals surface area contributed by atoms with Crippen LogP contribution in [0.15, 0.2) is 24.3 Å². The topological polar surface area (TPSA) is 93.7 Å². The zero-order chi connectivity index (χ0) is 23.7. The first-order chi connectivity index (χ1) is 15.6. The van der Waals surface area contributed by atoms with E-state index in [9.17, 15) is 28.0 Å². The van der Waals surface area contributed by atoms with E-state index in [2.05, 4.69) is 6.07 Å². The summed E-state index contributed by atoms with van der Waals surface area (Å²) in [6.45, 7) is 2.64. The lowest BCUT2D eigenvalue weighted by Crippen LogP contribution is -2.57. The Morgan fingerprint density at radius 2 is 1.94 bits per heavy atom. The number of benzene rings is 1. The Morgan fingerprint density at radius 3 is 2.55 bits per heavy atom. The van der Waals surface area contributed by atoms with Crippen LogP contribution < -0.4 is 5.73 Å². The fourth-order valence-corrected chi connectivity index (χ4v) is 5.92. The number of alkyl halides is 3. The molecule has 0 aromatic heterocycles. The molecule has 2 amide bonds. The second-order valence-electron chi connectivity index (χ2n) is 9.70. The van der Waals surface area contributed by atoms with E-state index in [-0.39, 0.29) is 42.5 Å². The molecule has 0 radical (unpaired) electrons. The van der Waals surface area contributed by atoms with E-state index in [4.69, 9.17) is 5.73 Å². The van der Waals surface area contributed by atoms with Crippen molar-refractivity contribution in [3.8, 4) is 6.07 Å². The number of amides is 2. The number of nitrogens with two attached hydrogens (primary N) is 1. The minimum absolute atomic E-state index is 0.0754. The Balaban J connectivity index is 1.22. The third kappa shape index (κ3) is 3.67. The number of carbonyl (C=O) groups is 2. The highest BCUT2D eigenvalue weighted by molar-refractivity contribution is 5.87. The molecule has 4 aliphatic rings. The molecule has 3 saturated heterocycles. The third-order valence-corrected chi connectivity index (χ3v) is 7.71. The first-order valence-electron chi connectivity index (χ1n) is 11.3. The van der Waals surface area contributed by atoms with Crippen LogP contribution in [-0.2, 0) is 15.8 Å². The molecule has 2 N–H and O–H groups in total. The number of hydrogen-bond donors (Lipinski definition) is 1. The van der Waals surface area contributed by atoms with Gasteiger partial charge in [-0.15, -0.1) is 0 Å². The Kier molecular flexibility index (Phi) is 5.18. The molecule has 0 spiro atoms. The average molecular weight is 461 g/mol. The smallest absolute Gasteiger partial charge is 0.330 e. The third-order valence-electron chi connectivity index (χ3n) is 7.71. The van der Waals surface area contributed by atoms with Gasteiger partial charge >= 0.3 is 6.18 Å². The molecule has 5 rings (SSSR count). The Morgan fingerprint density at radius 1 is 1.24 bits per heavy atom. The largest absolute Gasteiger partial charge is 0.416 e. The van der Waals surface area contributed by atoms with Crippen LogP contribution in [0.25, 0.3) is 0 Å². The van der Waals surface area contributed by atoms with Gasteiger partial charge in [-0.05, 0) is 49.8 Å². The number of fused-ring (bicyclic) bond motifs is 3. The molecule has 7 nitrogen and oxygen atoms in total. The Labute approximate surface area is 189 Å². The van der Waals surface area contributed by atoms with E-state index in [1.165, 1.54) is 12.1 Å². The van der Waals surface area contributed by atoms with E-state index in [1.807, 2.05) is 11.8 Å².